The molecule has 0 radical (unpaired) electrons. The average Bonchev–Trinajstić information content (AvgIpc) is 2.75. The monoisotopic (exact) mass is 412 g/mol. The van der Waals surface area contributed by atoms with Crippen molar-refractivity contribution >= 4 is 12.1 Å². The first-order valence-corrected chi connectivity index (χ1v) is 9.98. The number of amides is 1. The maximum absolute atomic E-state index is 12.3. The Kier molecular flexibility index (Phi) is 7.68. The molecule has 1 aliphatic heterocycles. The zero-order chi connectivity index (χ0) is 21.3. The molecule has 0 unspecified atom stereocenters. The van der Waals surface area contributed by atoms with Crippen LogP contribution in [0.1, 0.15) is 25.0 Å². The van der Waals surface area contributed by atoms with Crippen LogP contribution in [0.15, 0.2) is 53.7 Å². The smallest absolute Gasteiger partial charge is 0.263 e. The number of hydrogen-bond donors (Lipinski definition) is 0. The van der Waals surface area contributed by atoms with Gasteiger partial charge in [-0.05, 0) is 37.6 Å². The highest BCUT2D eigenvalue weighted by Crippen LogP contribution is 2.28. The van der Waals surface area contributed by atoms with Crippen molar-refractivity contribution in [1.29, 1.82) is 0 Å². The van der Waals surface area contributed by atoms with Crippen molar-refractivity contribution in [1.82, 2.24) is 4.90 Å². The van der Waals surface area contributed by atoms with Gasteiger partial charge in [-0.15, -0.1) is 0 Å². The summed E-state index contributed by atoms with van der Waals surface area (Å²) in [6.45, 7) is 5.36. The molecule has 2 aromatic rings. The van der Waals surface area contributed by atoms with Crippen LogP contribution in [-0.2, 0) is 21.0 Å². The van der Waals surface area contributed by atoms with E-state index in [1.165, 1.54) is 0 Å². The van der Waals surface area contributed by atoms with Gasteiger partial charge in [0.05, 0.1) is 25.5 Å². The SMILES string of the molecule is COc1ccc(/C=N/OCC(=O)N2C[C@@H](C)O[C@H](C)C2)cc1OCc1ccccc1. The number of nitrogens with zero attached hydrogens (tertiary/aromatic N) is 2. The van der Waals surface area contributed by atoms with Gasteiger partial charge in [0, 0.05) is 18.7 Å². The summed E-state index contributed by atoms with van der Waals surface area (Å²) >= 11 is 0. The molecule has 3 rings (SSSR count). The molecule has 0 saturated carbocycles. The molecule has 0 N–H and O–H groups in total. The van der Waals surface area contributed by atoms with E-state index in [1.807, 2.05) is 62.4 Å². The first kappa shape index (κ1) is 21.6. The van der Waals surface area contributed by atoms with Crippen molar-refractivity contribution in [2.45, 2.75) is 32.7 Å². The number of carbonyl (C=O) groups is 1. The van der Waals surface area contributed by atoms with E-state index in [-0.39, 0.29) is 24.7 Å². The minimum Gasteiger partial charge on any atom is -0.493 e. The van der Waals surface area contributed by atoms with Gasteiger partial charge >= 0.3 is 0 Å². The zero-order valence-corrected chi connectivity index (χ0v) is 17.6. The van der Waals surface area contributed by atoms with E-state index < -0.39 is 0 Å². The maximum Gasteiger partial charge on any atom is 0.263 e. The zero-order valence-electron chi connectivity index (χ0n) is 17.6. The topological polar surface area (TPSA) is 69.6 Å². The van der Waals surface area contributed by atoms with Crippen LogP contribution in [0.5, 0.6) is 11.5 Å². The lowest BCUT2D eigenvalue weighted by Crippen LogP contribution is -2.49. The van der Waals surface area contributed by atoms with Crippen LogP contribution in [0.4, 0.5) is 0 Å². The number of carbonyl (C=O) groups excluding carboxylic acids is 1. The lowest BCUT2D eigenvalue weighted by Gasteiger charge is -2.34. The van der Waals surface area contributed by atoms with Gasteiger partial charge in [0.25, 0.3) is 5.91 Å². The molecule has 1 heterocycles. The van der Waals surface area contributed by atoms with E-state index >= 15 is 0 Å². The Morgan fingerprint density at radius 1 is 1.13 bits per heavy atom. The van der Waals surface area contributed by atoms with Crippen LogP contribution in [-0.4, -0.2) is 56.0 Å². The summed E-state index contributed by atoms with van der Waals surface area (Å²) in [5.41, 5.74) is 1.84. The summed E-state index contributed by atoms with van der Waals surface area (Å²) in [7, 11) is 1.60. The van der Waals surface area contributed by atoms with E-state index in [9.17, 15) is 4.79 Å². The third-order valence-corrected chi connectivity index (χ3v) is 4.66. The highest BCUT2D eigenvalue weighted by Gasteiger charge is 2.25. The van der Waals surface area contributed by atoms with Crippen molar-refractivity contribution < 1.29 is 23.8 Å². The van der Waals surface area contributed by atoms with Gasteiger partial charge < -0.3 is 23.9 Å². The predicted octanol–water partition coefficient (Wildman–Crippen LogP) is 3.26. The Morgan fingerprint density at radius 3 is 2.57 bits per heavy atom. The van der Waals surface area contributed by atoms with Gasteiger partial charge in [0.1, 0.15) is 6.61 Å². The number of benzene rings is 2. The molecular formula is C23H28N2O5. The summed E-state index contributed by atoms with van der Waals surface area (Å²) in [4.78, 5) is 19.3. The molecule has 0 aromatic heterocycles. The molecule has 1 fully saturated rings. The summed E-state index contributed by atoms with van der Waals surface area (Å²) in [5.74, 6) is 1.14. The van der Waals surface area contributed by atoms with Crippen molar-refractivity contribution in [2.75, 3.05) is 26.8 Å². The second-order valence-corrected chi connectivity index (χ2v) is 7.25. The Labute approximate surface area is 177 Å². The highest BCUT2D eigenvalue weighted by atomic mass is 16.6. The third-order valence-electron chi connectivity index (χ3n) is 4.66. The first-order valence-electron chi connectivity index (χ1n) is 9.98. The van der Waals surface area contributed by atoms with E-state index in [0.29, 0.717) is 31.2 Å². The number of ether oxygens (including phenoxy) is 3. The van der Waals surface area contributed by atoms with Crippen LogP contribution in [0, 0.1) is 0 Å². The third kappa shape index (κ3) is 6.22. The summed E-state index contributed by atoms with van der Waals surface area (Å²) in [5, 5.41) is 3.93. The highest BCUT2D eigenvalue weighted by molar-refractivity contribution is 5.81. The van der Waals surface area contributed by atoms with Gasteiger partial charge in [0.2, 0.25) is 0 Å². The number of methoxy groups -OCH3 is 1. The standard InChI is InChI=1S/C23H28N2O5/c1-17-13-25(14-18(2)30-17)23(26)16-29-24-12-20-9-10-21(27-3)22(11-20)28-15-19-7-5-4-6-8-19/h4-12,17-18H,13-16H2,1-3H3/b24-12+/t17-,18-/m1/s1. The minimum absolute atomic E-state index is 0.0230. The quantitative estimate of drug-likeness (QED) is 0.492. The predicted molar refractivity (Wildman–Crippen MR) is 114 cm³/mol. The minimum atomic E-state index is -0.108. The van der Waals surface area contributed by atoms with Gasteiger partial charge in [-0.25, -0.2) is 0 Å². The van der Waals surface area contributed by atoms with E-state index in [4.69, 9.17) is 19.0 Å². The Morgan fingerprint density at radius 2 is 1.87 bits per heavy atom. The lowest BCUT2D eigenvalue weighted by atomic mass is 10.2. The van der Waals surface area contributed by atoms with Crippen molar-refractivity contribution in [3.05, 3.63) is 59.7 Å². The van der Waals surface area contributed by atoms with Crippen LogP contribution in [0.3, 0.4) is 0 Å². The average molecular weight is 412 g/mol. The molecule has 2 atom stereocenters. The summed E-state index contributed by atoms with van der Waals surface area (Å²) in [6, 6.07) is 15.4. The van der Waals surface area contributed by atoms with E-state index in [0.717, 1.165) is 11.1 Å². The molecule has 1 aliphatic rings. The fourth-order valence-electron chi connectivity index (χ4n) is 3.29. The van der Waals surface area contributed by atoms with Gasteiger partial charge in [0.15, 0.2) is 18.1 Å². The fraction of sp³-hybridized carbons (Fsp3) is 0.391. The van der Waals surface area contributed by atoms with Crippen molar-refractivity contribution in [2.24, 2.45) is 5.16 Å². The summed E-state index contributed by atoms with van der Waals surface area (Å²) in [6.07, 6.45) is 1.59. The van der Waals surface area contributed by atoms with Crippen LogP contribution >= 0.6 is 0 Å². The molecule has 1 amide bonds. The summed E-state index contributed by atoms with van der Waals surface area (Å²) < 4.78 is 16.9. The number of rotatable bonds is 8. The number of morpholine rings is 1. The second kappa shape index (κ2) is 10.6. The molecule has 7 nitrogen and oxygen atoms in total. The van der Waals surface area contributed by atoms with Crippen LogP contribution in [0.2, 0.25) is 0 Å². The second-order valence-electron chi connectivity index (χ2n) is 7.25. The lowest BCUT2D eigenvalue weighted by molar-refractivity contribution is -0.147. The molecular weight excluding hydrogens is 384 g/mol. The molecule has 2 aromatic carbocycles. The molecule has 0 aliphatic carbocycles. The molecule has 160 valence electrons. The van der Waals surface area contributed by atoms with Crippen LogP contribution in [0.25, 0.3) is 0 Å². The van der Waals surface area contributed by atoms with E-state index in [1.54, 1.807) is 18.2 Å². The van der Waals surface area contributed by atoms with Crippen molar-refractivity contribution in [3.63, 3.8) is 0 Å². The first-order chi connectivity index (χ1) is 14.5. The Balaban J connectivity index is 1.54. The van der Waals surface area contributed by atoms with Gasteiger partial charge in [-0.3, -0.25) is 4.79 Å². The molecule has 0 bridgehead atoms. The molecule has 1 saturated heterocycles. The number of hydrogen-bond acceptors (Lipinski definition) is 6. The molecule has 0 spiro atoms. The molecule has 30 heavy (non-hydrogen) atoms. The van der Waals surface area contributed by atoms with Crippen molar-refractivity contribution in [3.8, 4) is 11.5 Å². The fourth-order valence-corrected chi connectivity index (χ4v) is 3.29. The largest absolute Gasteiger partial charge is 0.493 e. The van der Waals surface area contributed by atoms with Gasteiger partial charge in [-0.2, -0.15) is 0 Å². The number of oxime groups is 1. The van der Waals surface area contributed by atoms with Gasteiger partial charge in [-0.1, -0.05) is 35.5 Å². The van der Waals surface area contributed by atoms with Crippen LogP contribution < -0.4 is 9.47 Å². The Hall–Kier alpha value is -3.06. The normalized spacial score (nSPS) is 19.0. The van der Waals surface area contributed by atoms with E-state index in [2.05, 4.69) is 5.16 Å². The maximum atomic E-state index is 12.3. The Bertz CT molecular complexity index is 846. The molecule has 7 heteroatoms.